The van der Waals surface area contributed by atoms with Crippen LogP contribution >= 0.6 is 11.6 Å². The predicted molar refractivity (Wildman–Crippen MR) is 98.0 cm³/mol. The Labute approximate surface area is 150 Å². The Balaban J connectivity index is 1.57. The lowest BCUT2D eigenvalue weighted by atomic mass is 10.0. The van der Waals surface area contributed by atoms with E-state index in [-0.39, 0.29) is 11.7 Å². The third-order valence-corrected chi connectivity index (χ3v) is 3.98. The molecule has 1 N–H and O–H groups in total. The van der Waals surface area contributed by atoms with E-state index in [1.165, 1.54) is 12.3 Å². The maximum absolute atomic E-state index is 13.2. The fourth-order valence-electron chi connectivity index (χ4n) is 2.48. The Bertz CT molecular complexity index is 881. The van der Waals surface area contributed by atoms with Crippen LogP contribution in [-0.2, 0) is 11.2 Å². The zero-order valence-corrected chi connectivity index (χ0v) is 14.1. The van der Waals surface area contributed by atoms with Crippen molar-refractivity contribution < 1.29 is 9.18 Å². The Morgan fingerprint density at radius 3 is 2.56 bits per heavy atom. The third kappa shape index (κ3) is 4.88. The monoisotopic (exact) mass is 354 g/mol. The summed E-state index contributed by atoms with van der Waals surface area (Å²) in [4.78, 5) is 15.9. The van der Waals surface area contributed by atoms with Crippen molar-refractivity contribution in [3.05, 3.63) is 83.4 Å². The van der Waals surface area contributed by atoms with E-state index in [0.717, 1.165) is 16.7 Å². The molecule has 0 radical (unpaired) electrons. The summed E-state index contributed by atoms with van der Waals surface area (Å²) < 4.78 is 13.2. The molecular formula is C20H16ClFN2O. The van der Waals surface area contributed by atoms with Gasteiger partial charge in [0, 0.05) is 28.9 Å². The molecule has 3 aromatic rings. The minimum atomic E-state index is -0.362. The van der Waals surface area contributed by atoms with Gasteiger partial charge in [0.15, 0.2) is 0 Å². The molecule has 0 saturated heterocycles. The number of aromatic nitrogens is 1. The molecule has 1 amide bonds. The van der Waals surface area contributed by atoms with Gasteiger partial charge in [0.2, 0.25) is 5.91 Å². The Hall–Kier alpha value is -2.72. The molecule has 0 unspecified atom stereocenters. The molecule has 3 nitrogen and oxygen atoms in total. The zero-order valence-electron chi connectivity index (χ0n) is 13.4. The maximum atomic E-state index is 13.2. The van der Waals surface area contributed by atoms with E-state index in [9.17, 15) is 9.18 Å². The van der Waals surface area contributed by atoms with E-state index in [0.29, 0.717) is 23.6 Å². The van der Waals surface area contributed by atoms with Crippen LogP contribution in [-0.4, -0.2) is 10.9 Å². The SMILES string of the molecule is O=C(CCc1ccc(-c2cncc(F)c2)cc1)Nc1cccc(Cl)c1. The Kier molecular flexibility index (Phi) is 5.41. The van der Waals surface area contributed by atoms with Crippen molar-refractivity contribution in [2.24, 2.45) is 0 Å². The second-order valence-electron chi connectivity index (χ2n) is 5.65. The molecule has 0 aliphatic heterocycles. The summed E-state index contributed by atoms with van der Waals surface area (Å²) in [6.45, 7) is 0. The number of pyridine rings is 1. The number of nitrogens with one attached hydrogen (secondary N) is 1. The molecule has 25 heavy (non-hydrogen) atoms. The lowest BCUT2D eigenvalue weighted by molar-refractivity contribution is -0.116. The Morgan fingerprint density at radius 1 is 1.04 bits per heavy atom. The van der Waals surface area contributed by atoms with Crippen molar-refractivity contribution in [1.82, 2.24) is 4.98 Å². The number of carbonyl (C=O) groups is 1. The molecule has 126 valence electrons. The molecule has 0 bridgehead atoms. The number of amides is 1. The molecule has 3 rings (SSSR count). The molecule has 0 fully saturated rings. The van der Waals surface area contributed by atoms with Gasteiger partial charge in [-0.25, -0.2) is 4.39 Å². The molecule has 0 atom stereocenters. The maximum Gasteiger partial charge on any atom is 0.224 e. The van der Waals surface area contributed by atoms with Crippen molar-refractivity contribution in [2.75, 3.05) is 5.32 Å². The van der Waals surface area contributed by atoms with Gasteiger partial charge in [-0.15, -0.1) is 0 Å². The van der Waals surface area contributed by atoms with E-state index >= 15 is 0 Å². The highest BCUT2D eigenvalue weighted by atomic mass is 35.5. The number of benzene rings is 2. The van der Waals surface area contributed by atoms with Gasteiger partial charge in [-0.05, 0) is 41.8 Å². The zero-order chi connectivity index (χ0) is 17.6. The average Bonchev–Trinajstić information content (AvgIpc) is 2.60. The number of anilines is 1. The average molecular weight is 355 g/mol. The van der Waals surface area contributed by atoms with E-state index in [1.807, 2.05) is 24.3 Å². The van der Waals surface area contributed by atoms with Gasteiger partial charge in [-0.1, -0.05) is 41.9 Å². The number of nitrogens with zero attached hydrogens (tertiary/aromatic N) is 1. The molecule has 5 heteroatoms. The van der Waals surface area contributed by atoms with Crippen molar-refractivity contribution >= 4 is 23.2 Å². The van der Waals surface area contributed by atoms with Gasteiger partial charge in [0.1, 0.15) is 5.82 Å². The van der Waals surface area contributed by atoms with E-state index < -0.39 is 0 Å². The molecule has 1 heterocycles. The molecule has 1 aromatic heterocycles. The van der Waals surface area contributed by atoms with Crippen LogP contribution in [0.1, 0.15) is 12.0 Å². The fourth-order valence-corrected chi connectivity index (χ4v) is 2.67. The number of hydrogen-bond acceptors (Lipinski definition) is 2. The van der Waals surface area contributed by atoms with Crippen molar-refractivity contribution in [3.63, 3.8) is 0 Å². The summed E-state index contributed by atoms with van der Waals surface area (Å²) in [5.41, 5.74) is 3.34. The first-order valence-corrected chi connectivity index (χ1v) is 8.23. The van der Waals surface area contributed by atoms with Crippen LogP contribution < -0.4 is 5.32 Å². The number of carbonyl (C=O) groups excluding carboxylic acids is 1. The van der Waals surface area contributed by atoms with Gasteiger partial charge in [0.05, 0.1) is 6.20 Å². The summed E-state index contributed by atoms with van der Waals surface area (Å²) in [6, 6.07) is 16.2. The van der Waals surface area contributed by atoms with Gasteiger partial charge >= 0.3 is 0 Å². The minimum Gasteiger partial charge on any atom is -0.326 e. The second-order valence-corrected chi connectivity index (χ2v) is 6.08. The summed E-state index contributed by atoms with van der Waals surface area (Å²) in [6.07, 6.45) is 3.79. The highest BCUT2D eigenvalue weighted by Gasteiger charge is 2.05. The van der Waals surface area contributed by atoms with Crippen molar-refractivity contribution in [2.45, 2.75) is 12.8 Å². The molecule has 0 saturated carbocycles. The van der Waals surface area contributed by atoms with E-state index in [1.54, 1.807) is 30.5 Å². The van der Waals surface area contributed by atoms with E-state index in [2.05, 4.69) is 10.3 Å². The first kappa shape index (κ1) is 17.1. The topological polar surface area (TPSA) is 42.0 Å². The van der Waals surface area contributed by atoms with Crippen molar-refractivity contribution in [3.8, 4) is 11.1 Å². The van der Waals surface area contributed by atoms with Crippen LogP contribution in [0.15, 0.2) is 67.0 Å². The smallest absolute Gasteiger partial charge is 0.224 e. The molecule has 2 aromatic carbocycles. The quantitative estimate of drug-likeness (QED) is 0.691. The van der Waals surface area contributed by atoms with Crippen LogP contribution in [0.4, 0.5) is 10.1 Å². The second kappa shape index (κ2) is 7.90. The van der Waals surface area contributed by atoms with Crippen LogP contribution in [0.5, 0.6) is 0 Å². The number of halogens is 2. The van der Waals surface area contributed by atoms with Crippen LogP contribution in [0.25, 0.3) is 11.1 Å². The van der Waals surface area contributed by atoms with Crippen LogP contribution in [0.3, 0.4) is 0 Å². The molecule has 0 aliphatic rings. The standard InChI is InChI=1S/C20H16ClFN2O/c21-17-2-1-3-19(11-17)24-20(25)9-6-14-4-7-15(8-5-14)16-10-18(22)13-23-12-16/h1-5,7-8,10-13H,6,9H2,(H,24,25). The van der Waals surface area contributed by atoms with Gasteiger partial charge in [-0.2, -0.15) is 0 Å². The van der Waals surface area contributed by atoms with Gasteiger partial charge < -0.3 is 5.32 Å². The molecule has 0 aliphatic carbocycles. The lowest BCUT2D eigenvalue weighted by Gasteiger charge is -2.07. The highest BCUT2D eigenvalue weighted by Crippen LogP contribution is 2.20. The third-order valence-electron chi connectivity index (χ3n) is 3.74. The first-order valence-electron chi connectivity index (χ1n) is 7.85. The Morgan fingerprint density at radius 2 is 1.84 bits per heavy atom. The predicted octanol–water partition coefficient (Wildman–Crippen LogP) is 5.11. The highest BCUT2D eigenvalue weighted by molar-refractivity contribution is 6.30. The summed E-state index contributed by atoms with van der Waals surface area (Å²) >= 11 is 5.90. The molecule has 0 spiro atoms. The summed E-state index contributed by atoms with van der Waals surface area (Å²) in [7, 11) is 0. The largest absolute Gasteiger partial charge is 0.326 e. The van der Waals surface area contributed by atoms with Gasteiger partial charge in [-0.3, -0.25) is 9.78 Å². The fraction of sp³-hybridized carbons (Fsp3) is 0.100. The minimum absolute atomic E-state index is 0.0688. The normalized spacial score (nSPS) is 10.5. The summed E-state index contributed by atoms with van der Waals surface area (Å²) in [5, 5.41) is 3.41. The summed E-state index contributed by atoms with van der Waals surface area (Å²) in [5.74, 6) is -0.431. The lowest BCUT2D eigenvalue weighted by Crippen LogP contribution is -2.12. The number of aryl methyl sites for hydroxylation is 1. The number of hydrogen-bond donors (Lipinski definition) is 1. The first-order chi connectivity index (χ1) is 12.1. The molecular weight excluding hydrogens is 339 g/mol. The van der Waals surface area contributed by atoms with Crippen LogP contribution in [0.2, 0.25) is 5.02 Å². The van der Waals surface area contributed by atoms with Crippen LogP contribution in [0, 0.1) is 5.82 Å². The van der Waals surface area contributed by atoms with Gasteiger partial charge in [0.25, 0.3) is 0 Å². The van der Waals surface area contributed by atoms with E-state index in [4.69, 9.17) is 11.6 Å². The van der Waals surface area contributed by atoms with Crippen molar-refractivity contribution in [1.29, 1.82) is 0 Å². The number of rotatable bonds is 5.